The van der Waals surface area contributed by atoms with Crippen LogP contribution in [-0.2, 0) is 12.8 Å². The first kappa shape index (κ1) is 22.3. The molecule has 0 fully saturated rings. The number of nitrogens with one attached hydrogen (secondary N) is 1. The Balaban J connectivity index is 1.89. The Morgan fingerprint density at radius 2 is 1.30 bits per heavy atom. The Labute approximate surface area is 188 Å². The van der Waals surface area contributed by atoms with Gasteiger partial charge in [0.1, 0.15) is 5.82 Å². The van der Waals surface area contributed by atoms with Gasteiger partial charge in [0, 0.05) is 36.1 Å². The molecule has 0 atom stereocenters. The first-order chi connectivity index (χ1) is 14.3. The molecule has 0 radical (unpaired) electrons. The summed E-state index contributed by atoms with van der Waals surface area (Å²) < 4.78 is 0. The van der Waals surface area contributed by atoms with Crippen molar-refractivity contribution in [3.8, 4) is 0 Å². The molecule has 3 rings (SSSR count). The average molecular weight is 444 g/mol. The van der Waals surface area contributed by atoms with Crippen LogP contribution in [0.1, 0.15) is 36.7 Å². The number of nitrogens with zero attached hydrogens (tertiary/aromatic N) is 4. The Kier molecular flexibility index (Phi) is 7.51. The summed E-state index contributed by atoms with van der Waals surface area (Å²) in [6.07, 6.45) is 1.61. The van der Waals surface area contributed by atoms with Gasteiger partial charge >= 0.3 is 0 Å². The lowest BCUT2D eigenvalue weighted by molar-refractivity contribution is 0.690. The van der Waals surface area contributed by atoms with E-state index < -0.39 is 0 Å². The summed E-state index contributed by atoms with van der Waals surface area (Å²) in [6, 6.07) is 16.0. The third-order valence-electron chi connectivity index (χ3n) is 4.68. The number of anilines is 2. The van der Waals surface area contributed by atoms with Crippen LogP contribution in [0.2, 0.25) is 10.0 Å². The molecule has 7 heteroatoms. The molecule has 5 nitrogen and oxygen atoms in total. The minimum atomic E-state index is 0.0878. The summed E-state index contributed by atoms with van der Waals surface area (Å²) in [6.45, 7) is 4.16. The van der Waals surface area contributed by atoms with E-state index in [0.29, 0.717) is 11.9 Å². The maximum atomic E-state index is 6.06. The second-order valence-corrected chi connectivity index (χ2v) is 8.74. The van der Waals surface area contributed by atoms with Crippen LogP contribution < -0.4 is 10.2 Å². The van der Waals surface area contributed by atoms with E-state index in [0.717, 1.165) is 28.7 Å². The molecule has 0 aliphatic rings. The summed E-state index contributed by atoms with van der Waals surface area (Å²) >= 11 is 12.1. The largest absolute Gasteiger partial charge is 0.351 e. The van der Waals surface area contributed by atoms with Crippen LogP contribution in [0.4, 0.5) is 11.9 Å². The van der Waals surface area contributed by atoms with Gasteiger partial charge in [-0.2, -0.15) is 15.0 Å². The maximum absolute atomic E-state index is 6.06. The van der Waals surface area contributed by atoms with Gasteiger partial charge in [0.05, 0.1) is 0 Å². The van der Waals surface area contributed by atoms with Crippen molar-refractivity contribution in [1.82, 2.24) is 15.0 Å². The van der Waals surface area contributed by atoms with Gasteiger partial charge < -0.3 is 10.2 Å². The molecule has 0 aliphatic heterocycles. The lowest BCUT2D eigenvalue weighted by atomic mass is 9.99. The van der Waals surface area contributed by atoms with Gasteiger partial charge in [-0.05, 0) is 48.2 Å². The molecule has 0 bridgehead atoms. The van der Waals surface area contributed by atoms with E-state index in [1.807, 2.05) is 43.3 Å². The number of hydrogen-bond donors (Lipinski definition) is 1. The first-order valence-electron chi connectivity index (χ1n) is 9.99. The molecule has 0 unspecified atom stereocenters. The summed E-state index contributed by atoms with van der Waals surface area (Å²) in [7, 11) is 3.87. The van der Waals surface area contributed by atoms with E-state index in [1.165, 1.54) is 11.1 Å². The minimum absolute atomic E-state index is 0.0878. The molecule has 3 aromatic rings. The second kappa shape index (κ2) is 10.1. The Bertz CT molecular complexity index is 883. The smallest absolute Gasteiger partial charge is 0.229 e. The predicted molar refractivity (Wildman–Crippen MR) is 126 cm³/mol. The molecule has 0 saturated carbocycles. The molecule has 1 aromatic heterocycles. The summed E-state index contributed by atoms with van der Waals surface area (Å²) in [5, 5.41) is 5.01. The summed E-state index contributed by atoms with van der Waals surface area (Å²) in [5.74, 6) is 2.21. The third-order valence-corrected chi connectivity index (χ3v) is 5.19. The van der Waals surface area contributed by atoms with Gasteiger partial charge in [-0.3, -0.25) is 0 Å². The number of rotatable bonds is 8. The highest BCUT2D eigenvalue weighted by Gasteiger charge is 2.16. The van der Waals surface area contributed by atoms with Crippen LogP contribution >= 0.6 is 23.2 Å². The van der Waals surface area contributed by atoms with Gasteiger partial charge in [-0.1, -0.05) is 61.3 Å². The van der Waals surface area contributed by atoms with E-state index in [4.69, 9.17) is 23.2 Å². The molecule has 30 heavy (non-hydrogen) atoms. The molecule has 0 aliphatic carbocycles. The van der Waals surface area contributed by atoms with Crippen molar-refractivity contribution in [3.63, 3.8) is 0 Å². The number of hydrogen-bond acceptors (Lipinski definition) is 5. The van der Waals surface area contributed by atoms with Crippen molar-refractivity contribution >= 4 is 35.1 Å². The zero-order valence-electron chi connectivity index (χ0n) is 17.7. The standard InChI is InChI=1S/C23H27Cl2N5/c1-15(2)21-27-22(29-23(28-21)30(3)4)26-20(13-16-5-9-18(24)10-6-16)14-17-7-11-19(25)12-8-17/h5-12,15,20H,13-14H2,1-4H3,(H,26,27,28,29). The molecular weight excluding hydrogens is 417 g/mol. The van der Waals surface area contributed by atoms with Gasteiger partial charge in [-0.25, -0.2) is 0 Å². The first-order valence-corrected chi connectivity index (χ1v) is 10.7. The Morgan fingerprint density at radius 3 is 1.73 bits per heavy atom. The number of aromatic nitrogens is 3. The highest BCUT2D eigenvalue weighted by molar-refractivity contribution is 6.30. The fraction of sp³-hybridized carbons (Fsp3) is 0.348. The second-order valence-electron chi connectivity index (χ2n) is 7.87. The zero-order chi connectivity index (χ0) is 21.7. The molecular formula is C23H27Cl2N5. The summed E-state index contributed by atoms with van der Waals surface area (Å²) in [4.78, 5) is 15.7. The monoisotopic (exact) mass is 443 g/mol. The minimum Gasteiger partial charge on any atom is -0.351 e. The molecule has 1 N–H and O–H groups in total. The number of benzene rings is 2. The van der Waals surface area contributed by atoms with Crippen molar-refractivity contribution in [2.24, 2.45) is 0 Å². The van der Waals surface area contributed by atoms with Crippen LogP contribution in [0.25, 0.3) is 0 Å². The maximum Gasteiger partial charge on any atom is 0.229 e. The fourth-order valence-corrected chi connectivity index (χ4v) is 3.32. The average Bonchev–Trinajstić information content (AvgIpc) is 2.71. The highest BCUT2D eigenvalue weighted by Crippen LogP contribution is 2.19. The topological polar surface area (TPSA) is 53.9 Å². The lowest BCUT2D eigenvalue weighted by Crippen LogP contribution is -2.27. The Morgan fingerprint density at radius 1 is 0.800 bits per heavy atom. The van der Waals surface area contributed by atoms with Crippen LogP contribution in [0.3, 0.4) is 0 Å². The van der Waals surface area contributed by atoms with E-state index in [1.54, 1.807) is 0 Å². The van der Waals surface area contributed by atoms with Crippen molar-refractivity contribution in [2.75, 3.05) is 24.3 Å². The molecule has 0 amide bonds. The molecule has 158 valence electrons. The molecule has 0 saturated heterocycles. The van der Waals surface area contributed by atoms with Crippen LogP contribution in [0.15, 0.2) is 48.5 Å². The lowest BCUT2D eigenvalue weighted by Gasteiger charge is -2.21. The van der Waals surface area contributed by atoms with E-state index in [-0.39, 0.29) is 12.0 Å². The van der Waals surface area contributed by atoms with Crippen LogP contribution in [0.5, 0.6) is 0 Å². The van der Waals surface area contributed by atoms with Gasteiger partial charge in [0.2, 0.25) is 11.9 Å². The van der Waals surface area contributed by atoms with Gasteiger partial charge in [-0.15, -0.1) is 0 Å². The van der Waals surface area contributed by atoms with E-state index in [9.17, 15) is 0 Å². The fourth-order valence-electron chi connectivity index (χ4n) is 3.07. The molecule has 0 spiro atoms. The molecule has 2 aromatic carbocycles. The molecule has 1 heterocycles. The van der Waals surface area contributed by atoms with Crippen LogP contribution in [0, 0.1) is 0 Å². The van der Waals surface area contributed by atoms with Gasteiger partial charge in [0.25, 0.3) is 0 Å². The van der Waals surface area contributed by atoms with Crippen molar-refractivity contribution in [3.05, 3.63) is 75.5 Å². The highest BCUT2D eigenvalue weighted by atomic mass is 35.5. The van der Waals surface area contributed by atoms with E-state index >= 15 is 0 Å². The number of halogens is 2. The zero-order valence-corrected chi connectivity index (χ0v) is 19.2. The third kappa shape index (κ3) is 6.31. The van der Waals surface area contributed by atoms with Gasteiger partial charge in [0.15, 0.2) is 0 Å². The van der Waals surface area contributed by atoms with Crippen LogP contribution in [-0.4, -0.2) is 35.1 Å². The normalized spacial score (nSPS) is 11.2. The van der Waals surface area contributed by atoms with Crippen molar-refractivity contribution in [2.45, 2.75) is 38.6 Å². The van der Waals surface area contributed by atoms with Crippen molar-refractivity contribution in [1.29, 1.82) is 0 Å². The quantitative estimate of drug-likeness (QED) is 0.488. The van der Waals surface area contributed by atoms with Crippen molar-refractivity contribution < 1.29 is 0 Å². The summed E-state index contributed by atoms with van der Waals surface area (Å²) in [5.41, 5.74) is 2.38. The predicted octanol–water partition coefficient (Wildman–Crippen LogP) is 5.63. The SMILES string of the molecule is CC(C)c1nc(NC(Cc2ccc(Cl)cc2)Cc2ccc(Cl)cc2)nc(N(C)C)n1. The van der Waals surface area contributed by atoms with E-state index in [2.05, 4.69) is 58.4 Å². The Hall–Kier alpha value is -2.37.